The van der Waals surface area contributed by atoms with Crippen molar-refractivity contribution in [1.29, 1.82) is 0 Å². The molecule has 0 rings (SSSR count). The van der Waals surface area contributed by atoms with Gasteiger partial charge in [-0.15, -0.1) is 0 Å². The number of aliphatic hydroxyl groups excluding tert-OH is 2. The summed E-state index contributed by atoms with van der Waals surface area (Å²) < 4.78 is 0. The Morgan fingerprint density at radius 3 is 0.795 bits per heavy atom. The maximum atomic E-state index is 12.6. The number of hydrogen-bond acceptors (Lipinski definition) is 3. The van der Waals surface area contributed by atoms with Crippen molar-refractivity contribution in [1.82, 2.24) is 5.32 Å². The van der Waals surface area contributed by atoms with Gasteiger partial charge in [0.25, 0.3) is 0 Å². The largest absolute Gasteiger partial charge is 0.394 e. The van der Waals surface area contributed by atoms with Crippen LogP contribution in [0.1, 0.15) is 341 Å². The van der Waals surface area contributed by atoms with Gasteiger partial charge in [-0.2, -0.15) is 0 Å². The summed E-state index contributed by atoms with van der Waals surface area (Å²) in [5.41, 5.74) is 0. The van der Waals surface area contributed by atoms with Crippen molar-refractivity contribution in [3.63, 3.8) is 0 Å². The van der Waals surface area contributed by atoms with Crippen LogP contribution in [-0.4, -0.2) is 34.9 Å². The Bertz CT molecular complexity index is 1640. The van der Waals surface area contributed by atoms with Gasteiger partial charge in [0.2, 0.25) is 5.91 Å². The lowest BCUT2D eigenvalue weighted by molar-refractivity contribution is -0.123. The highest BCUT2D eigenvalue weighted by molar-refractivity contribution is 5.76. The van der Waals surface area contributed by atoms with Gasteiger partial charge in [0.15, 0.2) is 0 Å². The molecule has 2 unspecified atom stereocenters. The van der Waals surface area contributed by atoms with Gasteiger partial charge in [0.05, 0.1) is 18.8 Å². The van der Waals surface area contributed by atoms with E-state index in [1.165, 1.54) is 231 Å². The number of nitrogens with one attached hydrogen (secondary N) is 1. The molecule has 0 aliphatic carbocycles. The molecule has 2 atom stereocenters. The SMILES string of the molecule is CC/C=C\C/C=C\C/C=C\C/C=C\C/C=C\C/C=C\C/C=C\C/C=C\C/C=C\C/C=C\CCCCCCCCCCCCC(=O)NC(CO)C(O)/C=C/CCCCCCCCCCCCCCCCCCCCCCCCCCCCCC. The van der Waals surface area contributed by atoms with E-state index in [1.807, 2.05) is 6.08 Å². The molecule has 0 saturated heterocycles. The highest BCUT2D eigenvalue weighted by Gasteiger charge is 2.18. The van der Waals surface area contributed by atoms with Gasteiger partial charge >= 0.3 is 0 Å². The molecule has 1 amide bonds. The molecule has 0 aliphatic heterocycles. The Balaban J connectivity index is 3.55. The molecule has 476 valence electrons. The molecule has 0 radical (unpaired) electrons. The van der Waals surface area contributed by atoms with Crippen LogP contribution in [0.15, 0.2) is 134 Å². The summed E-state index contributed by atoms with van der Waals surface area (Å²) in [4.78, 5) is 12.6. The van der Waals surface area contributed by atoms with Crippen LogP contribution in [0.5, 0.6) is 0 Å². The summed E-state index contributed by atoms with van der Waals surface area (Å²) in [5.74, 6) is -0.0697. The zero-order valence-electron chi connectivity index (χ0n) is 54.9. The molecule has 0 saturated carbocycles. The number of amides is 1. The summed E-state index contributed by atoms with van der Waals surface area (Å²) in [6.45, 7) is 4.22. The minimum atomic E-state index is -0.851. The van der Waals surface area contributed by atoms with Gasteiger partial charge in [0.1, 0.15) is 0 Å². The van der Waals surface area contributed by atoms with Crippen LogP contribution in [0.25, 0.3) is 0 Å². The first-order valence-corrected chi connectivity index (χ1v) is 35.9. The van der Waals surface area contributed by atoms with Crippen molar-refractivity contribution in [2.45, 2.75) is 353 Å². The second-order valence-corrected chi connectivity index (χ2v) is 23.9. The fourth-order valence-electron chi connectivity index (χ4n) is 10.5. The summed E-state index contributed by atoms with van der Waals surface area (Å²) in [7, 11) is 0. The average molecular weight is 1150 g/mol. The third-order valence-corrected chi connectivity index (χ3v) is 15.9. The zero-order valence-corrected chi connectivity index (χ0v) is 54.9. The fraction of sp³-hybridized carbons (Fsp3) is 0.709. The summed E-state index contributed by atoms with van der Waals surface area (Å²) in [6, 6.07) is -0.635. The molecule has 0 bridgehead atoms. The molecule has 83 heavy (non-hydrogen) atoms. The van der Waals surface area contributed by atoms with Gasteiger partial charge in [0, 0.05) is 6.42 Å². The number of aliphatic hydroxyl groups is 2. The quantitative estimate of drug-likeness (QED) is 0.0420. The van der Waals surface area contributed by atoms with Crippen LogP contribution in [0, 0.1) is 0 Å². The highest BCUT2D eigenvalue weighted by Crippen LogP contribution is 2.18. The first-order valence-electron chi connectivity index (χ1n) is 35.9. The summed E-state index contributed by atoms with van der Waals surface area (Å²) in [6.07, 6.45) is 112. The second-order valence-electron chi connectivity index (χ2n) is 23.9. The first kappa shape index (κ1) is 79.5. The molecule has 0 spiro atoms. The number of allylic oxidation sites excluding steroid dienone is 21. The van der Waals surface area contributed by atoms with Crippen LogP contribution in [0.4, 0.5) is 0 Å². The summed E-state index contributed by atoms with van der Waals surface area (Å²) >= 11 is 0. The van der Waals surface area contributed by atoms with Crippen LogP contribution >= 0.6 is 0 Å². The van der Waals surface area contributed by atoms with Crippen molar-refractivity contribution in [2.24, 2.45) is 0 Å². The van der Waals surface area contributed by atoms with E-state index in [-0.39, 0.29) is 12.5 Å². The Morgan fingerprint density at radius 2 is 0.530 bits per heavy atom. The minimum Gasteiger partial charge on any atom is -0.394 e. The van der Waals surface area contributed by atoms with E-state index in [0.717, 1.165) is 89.9 Å². The first-order chi connectivity index (χ1) is 41.2. The minimum absolute atomic E-state index is 0.0697. The van der Waals surface area contributed by atoms with E-state index in [4.69, 9.17) is 0 Å². The number of carbonyl (C=O) groups is 1. The lowest BCUT2D eigenvalue weighted by atomic mass is 10.0. The molecule has 0 aliphatic rings. The number of rotatable bonds is 65. The normalized spacial score (nSPS) is 13.5. The number of carbonyl (C=O) groups excluding carboxylic acids is 1. The second kappa shape index (κ2) is 72.8. The maximum absolute atomic E-state index is 12.6. The maximum Gasteiger partial charge on any atom is 0.220 e. The molecular formula is C79H137NO3. The molecule has 4 heteroatoms. The van der Waals surface area contributed by atoms with Gasteiger partial charge in [-0.1, -0.05) is 372 Å². The van der Waals surface area contributed by atoms with Crippen molar-refractivity contribution < 1.29 is 15.0 Å². The average Bonchev–Trinajstić information content (AvgIpc) is 3.51. The third kappa shape index (κ3) is 69.2. The van der Waals surface area contributed by atoms with Crippen LogP contribution in [0.2, 0.25) is 0 Å². The molecule has 4 nitrogen and oxygen atoms in total. The lowest BCUT2D eigenvalue weighted by Crippen LogP contribution is -2.45. The molecular weight excluding hydrogens is 1010 g/mol. The lowest BCUT2D eigenvalue weighted by Gasteiger charge is -2.20. The zero-order chi connectivity index (χ0) is 59.8. The molecule has 0 heterocycles. The van der Waals surface area contributed by atoms with Gasteiger partial charge in [-0.25, -0.2) is 0 Å². The van der Waals surface area contributed by atoms with E-state index in [1.54, 1.807) is 6.08 Å². The van der Waals surface area contributed by atoms with E-state index in [9.17, 15) is 15.0 Å². The third-order valence-electron chi connectivity index (χ3n) is 15.9. The molecule has 0 fully saturated rings. The smallest absolute Gasteiger partial charge is 0.220 e. The topological polar surface area (TPSA) is 69.6 Å². The Kier molecular flexibility index (Phi) is 69.7. The van der Waals surface area contributed by atoms with E-state index >= 15 is 0 Å². The Labute approximate surface area is 517 Å². The van der Waals surface area contributed by atoms with Crippen LogP contribution in [0.3, 0.4) is 0 Å². The van der Waals surface area contributed by atoms with E-state index < -0.39 is 12.1 Å². The van der Waals surface area contributed by atoms with Gasteiger partial charge in [-0.05, 0) is 96.3 Å². The van der Waals surface area contributed by atoms with Crippen LogP contribution < -0.4 is 5.32 Å². The van der Waals surface area contributed by atoms with Crippen LogP contribution in [-0.2, 0) is 4.79 Å². The molecule has 0 aromatic heterocycles. The fourth-order valence-corrected chi connectivity index (χ4v) is 10.5. The van der Waals surface area contributed by atoms with Crippen molar-refractivity contribution in [2.75, 3.05) is 6.61 Å². The molecule has 0 aromatic carbocycles. The highest BCUT2D eigenvalue weighted by atomic mass is 16.3. The predicted octanol–water partition coefficient (Wildman–Crippen LogP) is 24.9. The standard InChI is InChI=1S/C79H137NO3/c1-3-5-7-9-11-13-15-17-19-21-23-25-27-29-31-33-35-36-37-38-39-40-41-42-43-44-45-47-49-51-53-55-57-59-61-63-65-67-69-71-73-75-79(83)80-77(76-81)78(82)74-72-70-68-66-64-62-60-58-56-54-52-50-48-46-34-32-30-28-26-24-22-20-18-16-14-12-10-8-6-4-2/h5,7,11,13,17,19,23,25,29,31,35-36,38-39,41-42,44-45,49,51,72,74,77-78,81-82H,3-4,6,8-10,12,14-16,18,20-22,24,26-28,30,32-34,37,40,43,46-48,50,52-71,73,75-76H2,1-2H3,(H,80,83)/b7-5-,13-11-,19-17-,25-23-,31-29-,36-35-,39-38-,42-41-,45-44-,51-49-,74-72+. The Morgan fingerprint density at radius 1 is 0.301 bits per heavy atom. The van der Waals surface area contributed by atoms with E-state index in [0.29, 0.717) is 6.42 Å². The van der Waals surface area contributed by atoms with Gasteiger partial charge in [-0.3, -0.25) is 4.79 Å². The van der Waals surface area contributed by atoms with Crippen molar-refractivity contribution >= 4 is 5.91 Å². The predicted molar refractivity (Wildman–Crippen MR) is 372 cm³/mol. The van der Waals surface area contributed by atoms with Crippen molar-refractivity contribution in [3.05, 3.63) is 134 Å². The Hall–Kier alpha value is -3.47. The van der Waals surface area contributed by atoms with Gasteiger partial charge < -0.3 is 15.5 Å². The molecule has 3 N–H and O–H groups in total. The number of hydrogen-bond donors (Lipinski definition) is 3. The molecule has 0 aromatic rings. The summed E-state index contributed by atoms with van der Waals surface area (Å²) in [5, 5.41) is 23.3. The monoisotopic (exact) mass is 1150 g/mol. The van der Waals surface area contributed by atoms with Crippen molar-refractivity contribution in [3.8, 4) is 0 Å². The van der Waals surface area contributed by atoms with E-state index in [2.05, 4.69) is 141 Å². The number of unbranched alkanes of at least 4 members (excludes halogenated alkanes) is 38.